The van der Waals surface area contributed by atoms with Gasteiger partial charge in [-0.1, -0.05) is 32.1 Å². The summed E-state index contributed by atoms with van der Waals surface area (Å²) in [7, 11) is 1.64. The van der Waals surface area contributed by atoms with E-state index in [9.17, 15) is 0 Å². The van der Waals surface area contributed by atoms with Crippen LogP contribution in [0.3, 0.4) is 0 Å². The lowest BCUT2D eigenvalue weighted by Crippen LogP contribution is -2.25. The number of nitriles is 1. The Balaban J connectivity index is 2.69. The zero-order valence-corrected chi connectivity index (χ0v) is 11.6. The van der Waals surface area contributed by atoms with Gasteiger partial charge in [0, 0.05) is 6.54 Å². The minimum absolute atomic E-state index is 0.498. The minimum Gasteiger partial charge on any atom is -0.497 e. The maximum atomic E-state index is 8.64. The number of aliphatic imine (C=N–C) groups is 1. The molecule has 0 aliphatic carbocycles. The van der Waals surface area contributed by atoms with Crippen LogP contribution in [-0.4, -0.2) is 19.5 Å². The van der Waals surface area contributed by atoms with E-state index in [4.69, 9.17) is 10.00 Å². The minimum atomic E-state index is 0.498. The molecule has 0 unspecified atom stereocenters. The van der Waals surface area contributed by atoms with Crippen molar-refractivity contribution < 1.29 is 4.74 Å². The summed E-state index contributed by atoms with van der Waals surface area (Å²) in [4.78, 5) is 3.74. The lowest BCUT2D eigenvalue weighted by atomic mass is 10.2. The smallest absolute Gasteiger partial charge is 0.207 e. The van der Waals surface area contributed by atoms with Crippen molar-refractivity contribution >= 4 is 11.9 Å². The molecule has 0 saturated carbocycles. The second kappa shape index (κ2) is 7.93. The number of hydrogen-bond acceptors (Lipinski definition) is 3. The van der Waals surface area contributed by atoms with Crippen molar-refractivity contribution in [3.63, 3.8) is 0 Å². The quantitative estimate of drug-likeness (QED) is 0.501. The van der Waals surface area contributed by atoms with Gasteiger partial charge in [-0.05, 0) is 29.7 Å². The van der Waals surface area contributed by atoms with E-state index in [1.54, 1.807) is 19.4 Å². The number of rotatable bonds is 5. The summed E-state index contributed by atoms with van der Waals surface area (Å²) in [5, 5.41) is 11.8. The fourth-order valence-corrected chi connectivity index (χ4v) is 1.39. The lowest BCUT2D eigenvalue weighted by molar-refractivity contribution is 0.415. The Bertz CT molecular complexity index is 481. The molecule has 0 bridgehead atoms. The molecule has 1 aromatic rings. The van der Waals surface area contributed by atoms with Gasteiger partial charge in [0.25, 0.3) is 0 Å². The average Bonchev–Trinajstić information content (AvgIpc) is 2.42. The molecule has 0 aromatic heterocycles. The normalized spacial score (nSPS) is 11.6. The van der Waals surface area contributed by atoms with E-state index in [0.29, 0.717) is 11.8 Å². The van der Waals surface area contributed by atoms with E-state index in [2.05, 4.69) is 24.2 Å². The van der Waals surface area contributed by atoms with Gasteiger partial charge in [-0.15, -0.1) is 0 Å². The molecule has 1 rings (SSSR count). The number of nitrogens with zero attached hydrogens (tertiary/aromatic N) is 2. The predicted octanol–water partition coefficient (Wildman–Crippen LogP) is 2.83. The van der Waals surface area contributed by atoms with E-state index in [0.717, 1.165) is 17.9 Å². The molecule has 100 valence electrons. The summed E-state index contributed by atoms with van der Waals surface area (Å²) in [6.07, 6.45) is 5.50. The van der Waals surface area contributed by atoms with Crippen molar-refractivity contribution in [3.05, 3.63) is 35.9 Å². The van der Waals surface area contributed by atoms with Gasteiger partial charge in [0.1, 0.15) is 11.6 Å². The van der Waals surface area contributed by atoms with Crippen LogP contribution in [0.25, 0.3) is 6.08 Å². The molecule has 4 heteroatoms. The van der Waals surface area contributed by atoms with Crippen LogP contribution in [0.1, 0.15) is 19.4 Å². The van der Waals surface area contributed by atoms with Gasteiger partial charge in [-0.3, -0.25) is 0 Å². The predicted molar refractivity (Wildman–Crippen MR) is 77.9 cm³/mol. The zero-order valence-electron chi connectivity index (χ0n) is 11.6. The van der Waals surface area contributed by atoms with E-state index >= 15 is 0 Å². The van der Waals surface area contributed by atoms with Crippen molar-refractivity contribution in [2.45, 2.75) is 13.8 Å². The second-order valence-corrected chi connectivity index (χ2v) is 4.48. The highest BCUT2D eigenvalue weighted by molar-refractivity contribution is 5.97. The van der Waals surface area contributed by atoms with Crippen molar-refractivity contribution in [3.8, 4) is 11.9 Å². The van der Waals surface area contributed by atoms with Crippen LogP contribution in [0.5, 0.6) is 5.75 Å². The topological polar surface area (TPSA) is 57.4 Å². The number of methoxy groups -OCH3 is 1. The Morgan fingerprint density at radius 2 is 2.11 bits per heavy atom. The van der Waals surface area contributed by atoms with E-state index in [1.165, 1.54) is 0 Å². The van der Waals surface area contributed by atoms with Gasteiger partial charge < -0.3 is 10.1 Å². The van der Waals surface area contributed by atoms with Crippen LogP contribution < -0.4 is 10.1 Å². The summed E-state index contributed by atoms with van der Waals surface area (Å²) >= 11 is 0. The highest BCUT2D eigenvalue weighted by Gasteiger charge is 1.97. The molecular weight excluding hydrogens is 238 g/mol. The van der Waals surface area contributed by atoms with Crippen LogP contribution >= 0.6 is 0 Å². The van der Waals surface area contributed by atoms with Gasteiger partial charge in [-0.2, -0.15) is 10.3 Å². The standard InChI is InChI=1S/C15H19N3O/c1-12(2)10-17-15(18-11-16)9-6-13-4-7-14(19-3)8-5-13/h4-9,12H,10H2,1-3H3,(H,17,18)/b9-6+. The molecule has 0 spiro atoms. The van der Waals surface area contributed by atoms with Gasteiger partial charge in [0.2, 0.25) is 6.19 Å². The Labute approximate surface area is 114 Å². The monoisotopic (exact) mass is 257 g/mol. The molecule has 1 aromatic carbocycles. The molecule has 0 radical (unpaired) electrons. The first-order valence-corrected chi connectivity index (χ1v) is 6.18. The molecule has 19 heavy (non-hydrogen) atoms. The number of hydrogen-bond donors (Lipinski definition) is 1. The van der Waals surface area contributed by atoms with Crippen molar-refractivity contribution in [1.29, 1.82) is 5.26 Å². The number of amidine groups is 1. The molecule has 0 amide bonds. The third-order valence-electron chi connectivity index (χ3n) is 2.41. The molecule has 0 aliphatic heterocycles. The van der Waals surface area contributed by atoms with Gasteiger partial charge in [0.05, 0.1) is 7.11 Å². The fourth-order valence-electron chi connectivity index (χ4n) is 1.39. The molecule has 1 N–H and O–H groups in total. The molecule has 0 saturated heterocycles. The van der Waals surface area contributed by atoms with Crippen LogP contribution in [0.2, 0.25) is 0 Å². The SMILES string of the molecule is COc1ccc(/C=C/C(=N\C#N)NCC(C)C)cc1. The summed E-state index contributed by atoms with van der Waals surface area (Å²) in [5.41, 5.74) is 1.03. The molecular formula is C15H19N3O. The van der Waals surface area contributed by atoms with Crippen LogP contribution in [0, 0.1) is 17.4 Å². The lowest BCUT2D eigenvalue weighted by Gasteiger charge is -2.07. The Morgan fingerprint density at radius 1 is 1.42 bits per heavy atom. The molecule has 0 aliphatic rings. The van der Waals surface area contributed by atoms with E-state index in [1.807, 2.05) is 30.3 Å². The summed E-state index contributed by atoms with van der Waals surface area (Å²) in [6, 6.07) is 7.67. The van der Waals surface area contributed by atoms with Crippen LogP contribution in [0.4, 0.5) is 0 Å². The summed E-state index contributed by atoms with van der Waals surface area (Å²) in [5.74, 6) is 1.89. The van der Waals surface area contributed by atoms with Crippen LogP contribution in [0.15, 0.2) is 35.3 Å². The third kappa shape index (κ3) is 5.73. The Hall–Kier alpha value is -2.28. The zero-order chi connectivity index (χ0) is 14.1. The van der Waals surface area contributed by atoms with Crippen molar-refractivity contribution in [2.75, 3.05) is 13.7 Å². The van der Waals surface area contributed by atoms with Crippen molar-refractivity contribution in [1.82, 2.24) is 5.32 Å². The number of nitrogens with one attached hydrogen (secondary N) is 1. The van der Waals surface area contributed by atoms with Gasteiger partial charge in [0.15, 0.2) is 0 Å². The molecule has 0 atom stereocenters. The first-order valence-electron chi connectivity index (χ1n) is 6.18. The Morgan fingerprint density at radius 3 is 2.63 bits per heavy atom. The van der Waals surface area contributed by atoms with E-state index < -0.39 is 0 Å². The van der Waals surface area contributed by atoms with Gasteiger partial charge in [-0.25, -0.2) is 0 Å². The largest absolute Gasteiger partial charge is 0.497 e. The summed E-state index contributed by atoms with van der Waals surface area (Å²) < 4.78 is 5.10. The molecule has 0 heterocycles. The maximum Gasteiger partial charge on any atom is 0.207 e. The summed E-state index contributed by atoms with van der Waals surface area (Å²) in [6.45, 7) is 4.99. The second-order valence-electron chi connectivity index (χ2n) is 4.48. The average molecular weight is 257 g/mol. The molecule has 4 nitrogen and oxygen atoms in total. The first-order chi connectivity index (χ1) is 9.15. The first kappa shape index (κ1) is 14.8. The Kier molecular flexibility index (Phi) is 6.17. The van der Waals surface area contributed by atoms with Crippen molar-refractivity contribution in [2.24, 2.45) is 10.9 Å². The molecule has 0 fully saturated rings. The maximum absolute atomic E-state index is 8.64. The van der Waals surface area contributed by atoms with E-state index in [-0.39, 0.29) is 0 Å². The highest BCUT2D eigenvalue weighted by atomic mass is 16.5. The number of ether oxygens (including phenoxy) is 1. The highest BCUT2D eigenvalue weighted by Crippen LogP contribution is 2.12. The van der Waals surface area contributed by atoms with Gasteiger partial charge >= 0.3 is 0 Å². The fraction of sp³-hybridized carbons (Fsp3) is 0.333. The third-order valence-corrected chi connectivity index (χ3v) is 2.41. The van der Waals surface area contributed by atoms with Crippen LogP contribution in [-0.2, 0) is 0 Å². The number of benzene rings is 1.